The second-order valence-electron chi connectivity index (χ2n) is 4.44. The van der Waals surface area contributed by atoms with E-state index < -0.39 is 0 Å². The maximum Gasteiger partial charge on any atom is 0.140 e. The molecule has 1 aromatic carbocycles. The largest absolute Gasteiger partial charge is 0.493 e. The van der Waals surface area contributed by atoms with Crippen molar-refractivity contribution < 1.29 is 14.3 Å². The van der Waals surface area contributed by atoms with E-state index >= 15 is 0 Å². The van der Waals surface area contributed by atoms with Crippen LogP contribution in [0.4, 0.5) is 0 Å². The zero-order valence-electron chi connectivity index (χ0n) is 9.62. The molecule has 0 unspecified atom stereocenters. The monoisotopic (exact) mass is 286 g/mol. The number of ether oxygens (including phenoxy) is 1. The minimum Gasteiger partial charge on any atom is -0.493 e. The summed E-state index contributed by atoms with van der Waals surface area (Å²) in [5, 5.41) is 0.988. The van der Waals surface area contributed by atoms with E-state index in [4.69, 9.17) is 27.9 Å². The van der Waals surface area contributed by atoms with Crippen LogP contribution < -0.4 is 4.74 Å². The maximum atomic E-state index is 11.3. The lowest BCUT2D eigenvalue weighted by molar-refractivity contribution is -0.131. The minimum absolute atomic E-state index is 0.0102. The van der Waals surface area contributed by atoms with Gasteiger partial charge in [-0.2, -0.15) is 0 Å². The summed E-state index contributed by atoms with van der Waals surface area (Å²) >= 11 is 11.7. The number of carbonyl (C=O) groups is 2. The van der Waals surface area contributed by atoms with E-state index in [1.54, 1.807) is 18.2 Å². The van der Waals surface area contributed by atoms with Crippen LogP contribution >= 0.6 is 23.2 Å². The van der Waals surface area contributed by atoms with Gasteiger partial charge in [0, 0.05) is 28.8 Å². The third kappa shape index (κ3) is 3.72. The van der Waals surface area contributed by atoms with Crippen LogP contribution in [-0.2, 0) is 9.59 Å². The number of rotatable bonds is 3. The van der Waals surface area contributed by atoms with E-state index in [9.17, 15) is 9.59 Å². The lowest BCUT2D eigenvalue weighted by Gasteiger charge is -2.20. The molecule has 0 bridgehead atoms. The van der Waals surface area contributed by atoms with E-state index in [0.29, 0.717) is 35.2 Å². The molecule has 0 aliphatic heterocycles. The van der Waals surface area contributed by atoms with Gasteiger partial charge >= 0.3 is 0 Å². The quantitative estimate of drug-likeness (QED) is 0.801. The summed E-state index contributed by atoms with van der Waals surface area (Å²) in [7, 11) is 0. The van der Waals surface area contributed by atoms with Crippen LogP contribution in [0.3, 0.4) is 0 Å². The second kappa shape index (κ2) is 5.72. The lowest BCUT2D eigenvalue weighted by Crippen LogP contribution is -2.26. The van der Waals surface area contributed by atoms with E-state index in [-0.39, 0.29) is 23.9 Å². The number of ketones is 2. The van der Waals surface area contributed by atoms with Crippen molar-refractivity contribution >= 4 is 34.8 Å². The SMILES string of the molecule is O=C1CC(=O)CC(COc2cc(Cl)cc(Cl)c2)C1. The normalized spacial score (nSPS) is 17.0. The molecule has 1 aromatic rings. The van der Waals surface area contributed by atoms with Gasteiger partial charge in [-0.15, -0.1) is 0 Å². The lowest BCUT2D eigenvalue weighted by atomic mass is 9.88. The molecule has 0 atom stereocenters. The smallest absolute Gasteiger partial charge is 0.140 e. The highest BCUT2D eigenvalue weighted by atomic mass is 35.5. The molecule has 2 rings (SSSR count). The highest BCUT2D eigenvalue weighted by molar-refractivity contribution is 6.34. The van der Waals surface area contributed by atoms with Crippen molar-refractivity contribution in [2.24, 2.45) is 5.92 Å². The molecule has 0 saturated heterocycles. The Kier molecular flexibility index (Phi) is 4.25. The van der Waals surface area contributed by atoms with Gasteiger partial charge in [0.1, 0.15) is 17.3 Å². The van der Waals surface area contributed by atoms with Crippen molar-refractivity contribution in [1.29, 1.82) is 0 Å². The molecule has 96 valence electrons. The van der Waals surface area contributed by atoms with Gasteiger partial charge in [-0.1, -0.05) is 23.2 Å². The molecule has 0 amide bonds. The second-order valence-corrected chi connectivity index (χ2v) is 5.32. The summed E-state index contributed by atoms with van der Waals surface area (Å²) in [6.07, 6.45) is 0.875. The van der Waals surface area contributed by atoms with E-state index in [0.717, 1.165) is 0 Å². The average Bonchev–Trinajstić information content (AvgIpc) is 2.23. The van der Waals surface area contributed by atoms with Gasteiger partial charge in [0.25, 0.3) is 0 Å². The molecule has 1 aliphatic rings. The van der Waals surface area contributed by atoms with Crippen LogP contribution in [0.25, 0.3) is 0 Å². The number of hydrogen-bond donors (Lipinski definition) is 0. The average molecular weight is 287 g/mol. The molecule has 1 aliphatic carbocycles. The van der Waals surface area contributed by atoms with Gasteiger partial charge in [-0.05, 0) is 18.2 Å². The highest BCUT2D eigenvalue weighted by Gasteiger charge is 2.25. The Morgan fingerprint density at radius 2 is 1.61 bits per heavy atom. The van der Waals surface area contributed by atoms with Crippen LogP contribution in [0.1, 0.15) is 19.3 Å². The Morgan fingerprint density at radius 1 is 1.06 bits per heavy atom. The fourth-order valence-electron chi connectivity index (χ4n) is 2.02. The fourth-order valence-corrected chi connectivity index (χ4v) is 2.53. The molecule has 5 heteroatoms. The Bertz CT molecular complexity index is 449. The van der Waals surface area contributed by atoms with E-state index in [2.05, 4.69) is 0 Å². The van der Waals surface area contributed by atoms with Crippen LogP contribution in [0.2, 0.25) is 10.0 Å². The van der Waals surface area contributed by atoms with E-state index in [1.165, 1.54) is 0 Å². The Balaban J connectivity index is 1.94. The van der Waals surface area contributed by atoms with Crippen LogP contribution in [-0.4, -0.2) is 18.2 Å². The molecule has 0 aromatic heterocycles. The van der Waals surface area contributed by atoms with Gasteiger partial charge in [0.05, 0.1) is 13.0 Å². The van der Waals surface area contributed by atoms with Crippen LogP contribution in [0, 0.1) is 5.92 Å². The molecule has 1 fully saturated rings. The number of carbonyl (C=O) groups excluding carboxylic acids is 2. The van der Waals surface area contributed by atoms with Crippen molar-refractivity contribution in [3.05, 3.63) is 28.2 Å². The summed E-state index contributed by atoms with van der Waals surface area (Å²) in [6, 6.07) is 4.92. The number of halogens is 2. The third-order valence-corrected chi connectivity index (χ3v) is 3.19. The van der Waals surface area contributed by atoms with Crippen molar-refractivity contribution in [3.8, 4) is 5.75 Å². The molecule has 0 spiro atoms. The Hall–Kier alpha value is -1.06. The molecule has 0 N–H and O–H groups in total. The first-order chi connectivity index (χ1) is 8.52. The van der Waals surface area contributed by atoms with Gasteiger partial charge in [-0.3, -0.25) is 9.59 Å². The number of benzene rings is 1. The van der Waals surface area contributed by atoms with Crippen LogP contribution in [0.5, 0.6) is 5.75 Å². The summed E-state index contributed by atoms with van der Waals surface area (Å²) in [6.45, 7) is 0.328. The van der Waals surface area contributed by atoms with Gasteiger partial charge in [-0.25, -0.2) is 0 Å². The van der Waals surface area contributed by atoms with Crippen LogP contribution in [0.15, 0.2) is 18.2 Å². The third-order valence-electron chi connectivity index (χ3n) is 2.75. The van der Waals surface area contributed by atoms with E-state index in [1.807, 2.05) is 0 Å². The fraction of sp³-hybridized carbons (Fsp3) is 0.385. The van der Waals surface area contributed by atoms with Crippen molar-refractivity contribution in [1.82, 2.24) is 0 Å². The van der Waals surface area contributed by atoms with Gasteiger partial charge in [0.15, 0.2) is 0 Å². The predicted molar refractivity (Wildman–Crippen MR) is 69.3 cm³/mol. The zero-order chi connectivity index (χ0) is 13.1. The van der Waals surface area contributed by atoms with Crippen molar-refractivity contribution in [2.75, 3.05) is 6.61 Å². The van der Waals surface area contributed by atoms with Gasteiger partial charge in [0.2, 0.25) is 0 Å². The molecule has 0 radical (unpaired) electrons. The Labute approximate surface area is 115 Å². The first-order valence-electron chi connectivity index (χ1n) is 5.65. The predicted octanol–water partition coefficient (Wildman–Crippen LogP) is 3.31. The number of hydrogen-bond acceptors (Lipinski definition) is 3. The summed E-state index contributed by atoms with van der Waals surface area (Å²) < 4.78 is 5.53. The maximum absolute atomic E-state index is 11.3. The summed E-state index contributed by atoms with van der Waals surface area (Å²) in [5.74, 6) is 0.488. The topological polar surface area (TPSA) is 43.4 Å². The van der Waals surface area contributed by atoms with Crippen molar-refractivity contribution in [2.45, 2.75) is 19.3 Å². The highest BCUT2D eigenvalue weighted by Crippen LogP contribution is 2.26. The first-order valence-corrected chi connectivity index (χ1v) is 6.41. The molecule has 3 nitrogen and oxygen atoms in total. The molecular weight excluding hydrogens is 275 g/mol. The molecular formula is C13H12Cl2O3. The standard InChI is InChI=1S/C13H12Cl2O3/c14-9-3-10(15)5-13(4-9)18-7-8-1-11(16)6-12(17)2-8/h3-5,8H,1-2,6-7H2. The summed E-state index contributed by atoms with van der Waals surface area (Å²) in [5.41, 5.74) is 0. The molecule has 1 saturated carbocycles. The zero-order valence-corrected chi connectivity index (χ0v) is 11.1. The summed E-state index contributed by atoms with van der Waals surface area (Å²) in [4.78, 5) is 22.6. The minimum atomic E-state index is -0.0449. The van der Waals surface area contributed by atoms with Gasteiger partial charge < -0.3 is 4.74 Å². The molecule has 0 heterocycles. The first kappa shape index (κ1) is 13.4. The number of Topliss-reactive ketones (excluding diaryl/α,β-unsaturated/α-hetero) is 2. The molecule has 18 heavy (non-hydrogen) atoms. The van der Waals surface area contributed by atoms with Crippen molar-refractivity contribution in [3.63, 3.8) is 0 Å². The Morgan fingerprint density at radius 3 is 2.17 bits per heavy atom.